The Hall–Kier alpha value is -2.95. The topological polar surface area (TPSA) is 70.5 Å². The van der Waals surface area contributed by atoms with Crippen LogP contribution in [0, 0.1) is 6.92 Å². The van der Waals surface area contributed by atoms with E-state index in [1.165, 1.54) is 4.90 Å². The Bertz CT molecular complexity index is 828. The molecule has 1 aliphatic heterocycles. The summed E-state index contributed by atoms with van der Waals surface area (Å²) in [7, 11) is 0. The number of benzene rings is 1. The minimum atomic E-state index is -0.666. The van der Waals surface area contributed by atoms with Gasteiger partial charge in [-0.15, -0.1) is 0 Å². The molecule has 5 heteroatoms. The summed E-state index contributed by atoms with van der Waals surface area (Å²) in [5, 5.41) is 10.3. The fourth-order valence-electron chi connectivity index (χ4n) is 2.98. The monoisotopic (exact) mass is 322 g/mol. The summed E-state index contributed by atoms with van der Waals surface area (Å²) >= 11 is 0. The number of hydrogen-bond donors (Lipinski definition) is 1. The minimum Gasteiger partial charge on any atom is -0.503 e. The largest absolute Gasteiger partial charge is 0.503 e. The van der Waals surface area contributed by atoms with Gasteiger partial charge in [0.2, 0.25) is 0 Å². The van der Waals surface area contributed by atoms with Gasteiger partial charge in [0.05, 0.1) is 11.6 Å². The molecule has 0 saturated carbocycles. The van der Waals surface area contributed by atoms with E-state index >= 15 is 0 Å². The number of aliphatic hydroxyl groups excluding tert-OH is 1. The van der Waals surface area contributed by atoms with Gasteiger partial charge in [0.15, 0.2) is 11.5 Å². The van der Waals surface area contributed by atoms with E-state index in [2.05, 4.69) is 4.98 Å². The van der Waals surface area contributed by atoms with Gasteiger partial charge in [0.1, 0.15) is 0 Å². The summed E-state index contributed by atoms with van der Waals surface area (Å²) in [5.41, 5.74) is 2.45. The summed E-state index contributed by atoms with van der Waals surface area (Å²) in [6.07, 6.45) is 3.45. The number of hydrogen-bond acceptors (Lipinski definition) is 4. The molecule has 1 aromatic carbocycles. The summed E-state index contributed by atoms with van der Waals surface area (Å²) in [4.78, 5) is 30.6. The molecule has 0 saturated heterocycles. The number of pyridine rings is 1. The van der Waals surface area contributed by atoms with Crippen LogP contribution in [0.5, 0.6) is 0 Å². The summed E-state index contributed by atoms with van der Waals surface area (Å²) in [6.45, 7) is 3.64. The summed E-state index contributed by atoms with van der Waals surface area (Å²) < 4.78 is 0. The molecule has 1 amide bonds. The first kappa shape index (κ1) is 15.9. The number of aliphatic hydroxyl groups is 1. The molecule has 3 rings (SSSR count). The van der Waals surface area contributed by atoms with E-state index in [0.29, 0.717) is 11.3 Å². The molecular weight excluding hydrogens is 304 g/mol. The zero-order chi connectivity index (χ0) is 17.3. The van der Waals surface area contributed by atoms with Crippen LogP contribution in [0.15, 0.2) is 60.1 Å². The first-order valence-electron chi connectivity index (χ1n) is 7.81. The van der Waals surface area contributed by atoms with Gasteiger partial charge in [-0.1, -0.05) is 25.1 Å². The fourth-order valence-corrected chi connectivity index (χ4v) is 2.98. The van der Waals surface area contributed by atoms with Crippen LogP contribution in [0.25, 0.3) is 0 Å². The molecule has 0 bridgehead atoms. The van der Waals surface area contributed by atoms with Crippen LogP contribution in [-0.4, -0.2) is 21.8 Å². The molecule has 1 N–H and O–H groups in total. The number of nitrogens with zero attached hydrogens (tertiary/aromatic N) is 2. The van der Waals surface area contributed by atoms with E-state index < -0.39 is 17.7 Å². The van der Waals surface area contributed by atoms with Crippen LogP contribution < -0.4 is 4.90 Å². The van der Waals surface area contributed by atoms with Crippen molar-refractivity contribution in [3.63, 3.8) is 0 Å². The maximum atomic E-state index is 12.7. The van der Waals surface area contributed by atoms with E-state index in [4.69, 9.17) is 0 Å². The predicted molar refractivity (Wildman–Crippen MR) is 90.6 cm³/mol. The third-order valence-electron chi connectivity index (χ3n) is 4.11. The fraction of sp³-hybridized carbons (Fsp3) is 0.211. The third-order valence-corrected chi connectivity index (χ3v) is 4.11. The van der Waals surface area contributed by atoms with Gasteiger partial charge < -0.3 is 5.11 Å². The lowest BCUT2D eigenvalue weighted by atomic mass is 9.96. The average molecular weight is 322 g/mol. The zero-order valence-corrected chi connectivity index (χ0v) is 13.6. The molecule has 2 aromatic rings. The number of aromatic nitrogens is 1. The highest BCUT2D eigenvalue weighted by molar-refractivity contribution is 6.16. The van der Waals surface area contributed by atoms with E-state index in [1.807, 2.05) is 25.1 Å². The molecular formula is C19H18N2O3. The quantitative estimate of drug-likeness (QED) is 0.938. The smallest absolute Gasteiger partial charge is 0.294 e. The van der Waals surface area contributed by atoms with Crippen molar-refractivity contribution >= 4 is 17.4 Å². The molecule has 1 aliphatic rings. The van der Waals surface area contributed by atoms with Crippen LogP contribution in [0.4, 0.5) is 5.69 Å². The van der Waals surface area contributed by atoms with Crippen molar-refractivity contribution in [3.8, 4) is 0 Å². The van der Waals surface area contributed by atoms with E-state index in [9.17, 15) is 14.7 Å². The Morgan fingerprint density at radius 1 is 1.29 bits per heavy atom. The van der Waals surface area contributed by atoms with Crippen molar-refractivity contribution in [2.45, 2.75) is 26.3 Å². The molecule has 0 spiro atoms. The second kappa shape index (κ2) is 6.28. The molecule has 0 aliphatic carbocycles. The normalized spacial score (nSPS) is 17.5. The van der Waals surface area contributed by atoms with Gasteiger partial charge in [-0.25, -0.2) is 0 Å². The lowest BCUT2D eigenvalue weighted by Crippen LogP contribution is -2.31. The number of anilines is 1. The van der Waals surface area contributed by atoms with Crippen LogP contribution in [-0.2, 0) is 9.59 Å². The number of carbonyl (C=O) groups is 2. The number of amides is 1. The number of Topliss-reactive ketones (excluding diaryl/α,β-unsaturated/α-hetero) is 1. The molecule has 0 radical (unpaired) electrons. The van der Waals surface area contributed by atoms with Crippen LogP contribution >= 0.6 is 0 Å². The van der Waals surface area contributed by atoms with Crippen LogP contribution in [0.2, 0.25) is 0 Å². The van der Waals surface area contributed by atoms with Gasteiger partial charge in [-0.05, 0) is 36.2 Å². The van der Waals surface area contributed by atoms with Crippen molar-refractivity contribution < 1.29 is 14.7 Å². The van der Waals surface area contributed by atoms with Crippen molar-refractivity contribution in [2.24, 2.45) is 0 Å². The Morgan fingerprint density at radius 3 is 2.71 bits per heavy atom. The SMILES string of the molecule is CCC(=O)C1=C(O)C(=O)N(c2cccc(C)c2)C1c1cccnc1. The lowest BCUT2D eigenvalue weighted by molar-refractivity contribution is -0.118. The summed E-state index contributed by atoms with van der Waals surface area (Å²) in [5.74, 6) is -1.28. The molecule has 0 fully saturated rings. The standard InChI is InChI=1S/C19H18N2O3/c1-3-15(22)16-17(13-7-5-9-20-11-13)21(19(24)18(16)23)14-8-4-6-12(2)10-14/h4-11,17,23H,3H2,1-2H3. The second-order valence-corrected chi connectivity index (χ2v) is 5.74. The van der Waals surface area contributed by atoms with Gasteiger partial charge in [0.25, 0.3) is 5.91 Å². The van der Waals surface area contributed by atoms with E-state index in [0.717, 1.165) is 5.56 Å². The first-order chi connectivity index (χ1) is 11.5. The second-order valence-electron chi connectivity index (χ2n) is 5.74. The van der Waals surface area contributed by atoms with Gasteiger partial charge in [-0.3, -0.25) is 19.5 Å². The third kappa shape index (κ3) is 2.58. The molecule has 1 aromatic heterocycles. The molecule has 2 heterocycles. The Morgan fingerprint density at radius 2 is 2.08 bits per heavy atom. The number of carbonyl (C=O) groups excluding carboxylic acids is 2. The first-order valence-corrected chi connectivity index (χ1v) is 7.81. The Labute approximate surface area is 140 Å². The van der Waals surface area contributed by atoms with E-state index in [1.54, 1.807) is 37.5 Å². The van der Waals surface area contributed by atoms with Crippen molar-refractivity contribution in [3.05, 3.63) is 71.3 Å². The van der Waals surface area contributed by atoms with Crippen LogP contribution in [0.3, 0.4) is 0 Å². The maximum Gasteiger partial charge on any atom is 0.294 e. The average Bonchev–Trinajstić information content (AvgIpc) is 2.86. The van der Waals surface area contributed by atoms with E-state index in [-0.39, 0.29) is 17.8 Å². The molecule has 24 heavy (non-hydrogen) atoms. The predicted octanol–water partition coefficient (Wildman–Crippen LogP) is 3.27. The van der Waals surface area contributed by atoms with Crippen LogP contribution in [0.1, 0.15) is 30.5 Å². The highest BCUT2D eigenvalue weighted by Gasteiger charge is 2.43. The number of aryl methyl sites for hydroxylation is 1. The minimum absolute atomic E-state index is 0.136. The molecule has 5 nitrogen and oxygen atoms in total. The highest BCUT2D eigenvalue weighted by atomic mass is 16.3. The van der Waals surface area contributed by atoms with Gasteiger partial charge in [0, 0.05) is 24.5 Å². The van der Waals surface area contributed by atoms with Crippen molar-refractivity contribution in [1.29, 1.82) is 0 Å². The lowest BCUT2D eigenvalue weighted by Gasteiger charge is -2.26. The van der Waals surface area contributed by atoms with Gasteiger partial charge in [-0.2, -0.15) is 0 Å². The Kier molecular flexibility index (Phi) is 4.16. The Balaban J connectivity index is 2.18. The van der Waals surface area contributed by atoms with Gasteiger partial charge >= 0.3 is 0 Å². The summed E-state index contributed by atoms with van der Waals surface area (Å²) in [6, 6.07) is 10.3. The number of ketones is 1. The number of rotatable bonds is 4. The van der Waals surface area contributed by atoms with Crippen molar-refractivity contribution in [2.75, 3.05) is 4.90 Å². The highest BCUT2D eigenvalue weighted by Crippen LogP contribution is 2.41. The molecule has 122 valence electrons. The maximum absolute atomic E-state index is 12.7. The van der Waals surface area contributed by atoms with Crippen molar-refractivity contribution in [1.82, 2.24) is 4.98 Å². The zero-order valence-electron chi connectivity index (χ0n) is 13.6. The molecule has 1 atom stereocenters. The molecule has 1 unspecified atom stereocenters.